The summed E-state index contributed by atoms with van der Waals surface area (Å²) in [5.74, 6) is 0.0302. The second kappa shape index (κ2) is 6.25. The van der Waals surface area contributed by atoms with E-state index < -0.39 is 6.09 Å². The van der Waals surface area contributed by atoms with Gasteiger partial charge in [0.1, 0.15) is 12.3 Å². The maximum absolute atomic E-state index is 11.5. The number of aromatic nitrogens is 2. The molecule has 19 heavy (non-hydrogen) atoms. The number of anilines is 1. The van der Waals surface area contributed by atoms with Crippen molar-refractivity contribution in [3.63, 3.8) is 0 Å². The quantitative estimate of drug-likeness (QED) is 0.847. The molecule has 0 atom stereocenters. The monoisotopic (exact) mass is 257 g/mol. The molecular weight excluding hydrogens is 246 g/mol. The van der Waals surface area contributed by atoms with Crippen molar-refractivity contribution in [1.82, 2.24) is 9.97 Å². The molecule has 0 saturated carbocycles. The maximum atomic E-state index is 11.5. The highest BCUT2D eigenvalue weighted by molar-refractivity contribution is 5.82. The largest absolute Gasteiger partial charge is 0.444 e. The van der Waals surface area contributed by atoms with E-state index in [1.54, 1.807) is 0 Å². The normalized spacial score (nSPS) is 9.68. The molecule has 2 rings (SSSR count). The lowest BCUT2D eigenvalue weighted by atomic mass is 10.2. The fourth-order valence-corrected chi connectivity index (χ4v) is 1.35. The molecule has 1 aromatic carbocycles. The minimum Gasteiger partial charge on any atom is -0.444 e. The number of nitrogens with one attached hydrogen (secondary N) is 1. The van der Waals surface area contributed by atoms with Crippen molar-refractivity contribution >= 4 is 18.3 Å². The van der Waals surface area contributed by atoms with Gasteiger partial charge in [-0.05, 0) is 11.6 Å². The average molecular weight is 257 g/mol. The summed E-state index contributed by atoms with van der Waals surface area (Å²) in [6.07, 6.45) is 1.28. The van der Waals surface area contributed by atoms with Gasteiger partial charge in [0.15, 0.2) is 6.29 Å². The van der Waals surface area contributed by atoms with Gasteiger partial charge in [-0.3, -0.25) is 10.1 Å². The lowest BCUT2D eigenvalue weighted by molar-refractivity contribution is 0.111. The van der Waals surface area contributed by atoms with E-state index in [1.165, 1.54) is 12.3 Å². The fraction of sp³-hybridized carbons (Fsp3) is 0.0769. The van der Waals surface area contributed by atoms with Gasteiger partial charge in [0.25, 0.3) is 0 Å². The molecule has 1 N–H and O–H groups in total. The summed E-state index contributed by atoms with van der Waals surface area (Å²) in [7, 11) is 0. The molecular formula is C13H11N3O3. The summed E-state index contributed by atoms with van der Waals surface area (Å²) in [6, 6.07) is 10.7. The highest BCUT2D eigenvalue weighted by atomic mass is 16.5. The third kappa shape index (κ3) is 3.88. The molecule has 0 bridgehead atoms. The number of carbonyl (C=O) groups excluding carboxylic acids is 2. The molecule has 1 amide bonds. The summed E-state index contributed by atoms with van der Waals surface area (Å²) in [6.45, 7) is 0.153. The number of hydrogen-bond acceptors (Lipinski definition) is 5. The van der Waals surface area contributed by atoms with E-state index in [9.17, 15) is 9.59 Å². The van der Waals surface area contributed by atoms with Crippen LogP contribution in [0.5, 0.6) is 0 Å². The molecule has 0 unspecified atom stereocenters. The molecule has 1 aromatic heterocycles. The van der Waals surface area contributed by atoms with Crippen molar-refractivity contribution in [3.05, 3.63) is 53.9 Å². The predicted octanol–water partition coefficient (Wildman–Crippen LogP) is 2.04. The van der Waals surface area contributed by atoms with E-state index >= 15 is 0 Å². The molecule has 0 aliphatic rings. The van der Waals surface area contributed by atoms with Crippen molar-refractivity contribution in [1.29, 1.82) is 0 Å². The number of amides is 1. The van der Waals surface area contributed by atoms with Crippen LogP contribution < -0.4 is 5.32 Å². The van der Waals surface area contributed by atoms with Crippen LogP contribution in [0.4, 0.5) is 10.7 Å². The van der Waals surface area contributed by atoms with Gasteiger partial charge < -0.3 is 4.74 Å². The van der Waals surface area contributed by atoms with Crippen LogP contribution in [-0.2, 0) is 11.3 Å². The molecule has 0 saturated heterocycles. The first-order chi connectivity index (χ1) is 9.28. The number of aldehydes is 1. The maximum Gasteiger partial charge on any atom is 0.414 e. The van der Waals surface area contributed by atoms with E-state index in [0.29, 0.717) is 6.29 Å². The zero-order valence-corrected chi connectivity index (χ0v) is 9.95. The number of benzene rings is 1. The zero-order valence-electron chi connectivity index (χ0n) is 9.95. The lowest BCUT2D eigenvalue weighted by Gasteiger charge is -2.05. The number of ether oxygens (including phenoxy) is 1. The second-order valence-electron chi connectivity index (χ2n) is 3.61. The Kier molecular flexibility index (Phi) is 4.17. The minimum atomic E-state index is -0.674. The van der Waals surface area contributed by atoms with Crippen LogP contribution >= 0.6 is 0 Å². The van der Waals surface area contributed by atoms with E-state index in [0.717, 1.165) is 5.56 Å². The standard InChI is InChI=1S/C13H11N3O3/c17-8-11-6-7-14-12(15-11)16-13(18)19-9-10-4-2-1-3-5-10/h1-8H,9H2,(H,14,15,16,18). The van der Waals surface area contributed by atoms with Gasteiger partial charge in [0.2, 0.25) is 5.95 Å². The summed E-state index contributed by atoms with van der Waals surface area (Å²) in [5, 5.41) is 2.34. The highest BCUT2D eigenvalue weighted by Crippen LogP contribution is 2.03. The average Bonchev–Trinajstić information content (AvgIpc) is 2.46. The van der Waals surface area contributed by atoms with Crippen molar-refractivity contribution in [2.45, 2.75) is 6.61 Å². The minimum absolute atomic E-state index is 0.0302. The Hall–Kier alpha value is -2.76. The Morgan fingerprint density at radius 1 is 1.26 bits per heavy atom. The number of hydrogen-bond donors (Lipinski definition) is 1. The van der Waals surface area contributed by atoms with Crippen LogP contribution in [0.15, 0.2) is 42.6 Å². The number of nitrogens with zero attached hydrogens (tertiary/aromatic N) is 2. The molecule has 6 heteroatoms. The first-order valence-electron chi connectivity index (χ1n) is 5.54. The van der Waals surface area contributed by atoms with Gasteiger partial charge in [0.05, 0.1) is 0 Å². The van der Waals surface area contributed by atoms with E-state index in [4.69, 9.17) is 4.74 Å². The van der Waals surface area contributed by atoms with E-state index in [2.05, 4.69) is 15.3 Å². The summed E-state index contributed by atoms with van der Waals surface area (Å²) in [4.78, 5) is 29.6. The topological polar surface area (TPSA) is 81.2 Å². The molecule has 2 aromatic rings. The molecule has 0 aliphatic heterocycles. The van der Waals surface area contributed by atoms with Gasteiger partial charge in [-0.2, -0.15) is 0 Å². The van der Waals surface area contributed by atoms with Gasteiger partial charge in [-0.1, -0.05) is 30.3 Å². The molecule has 0 radical (unpaired) electrons. The molecule has 96 valence electrons. The van der Waals surface area contributed by atoms with Crippen LogP contribution in [0.25, 0.3) is 0 Å². The smallest absolute Gasteiger partial charge is 0.414 e. The van der Waals surface area contributed by atoms with Gasteiger partial charge in [-0.15, -0.1) is 0 Å². The SMILES string of the molecule is O=Cc1ccnc(NC(=O)OCc2ccccc2)n1. The van der Waals surface area contributed by atoms with Crippen LogP contribution in [-0.4, -0.2) is 22.3 Å². The third-order valence-electron chi connectivity index (χ3n) is 2.22. The van der Waals surface area contributed by atoms with Crippen molar-refractivity contribution in [3.8, 4) is 0 Å². The zero-order chi connectivity index (χ0) is 13.5. The Morgan fingerprint density at radius 2 is 2.05 bits per heavy atom. The second-order valence-corrected chi connectivity index (χ2v) is 3.61. The summed E-state index contributed by atoms with van der Waals surface area (Å²) < 4.78 is 4.99. The van der Waals surface area contributed by atoms with Crippen LogP contribution in [0.2, 0.25) is 0 Å². The summed E-state index contributed by atoms with van der Waals surface area (Å²) in [5.41, 5.74) is 1.06. The van der Waals surface area contributed by atoms with Crippen LogP contribution in [0, 0.1) is 0 Å². The van der Waals surface area contributed by atoms with Crippen molar-refractivity contribution < 1.29 is 14.3 Å². The third-order valence-corrected chi connectivity index (χ3v) is 2.22. The van der Waals surface area contributed by atoms with Crippen molar-refractivity contribution in [2.24, 2.45) is 0 Å². The summed E-state index contributed by atoms with van der Waals surface area (Å²) >= 11 is 0. The first kappa shape index (κ1) is 12.7. The van der Waals surface area contributed by atoms with Crippen LogP contribution in [0.3, 0.4) is 0 Å². The Morgan fingerprint density at radius 3 is 2.79 bits per heavy atom. The number of carbonyl (C=O) groups is 2. The van der Waals surface area contributed by atoms with Crippen LogP contribution in [0.1, 0.15) is 16.1 Å². The molecule has 0 spiro atoms. The Bertz CT molecular complexity index is 572. The van der Waals surface area contributed by atoms with Gasteiger partial charge >= 0.3 is 6.09 Å². The Labute approximate surface area is 109 Å². The van der Waals surface area contributed by atoms with Crippen molar-refractivity contribution in [2.75, 3.05) is 5.32 Å². The lowest BCUT2D eigenvalue weighted by Crippen LogP contribution is -2.15. The first-order valence-corrected chi connectivity index (χ1v) is 5.54. The predicted molar refractivity (Wildman–Crippen MR) is 67.7 cm³/mol. The molecule has 0 fully saturated rings. The van der Waals surface area contributed by atoms with E-state index in [1.807, 2.05) is 30.3 Å². The molecule has 1 heterocycles. The fourth-order valence-electron chi connectivity index (χ4n) is 1.35. The van der Waals surface area contributed by atoms with Gasteiger partial charge in [0, 0.05) is 6.20 Å². The molecule has 0 aliphatic carbocycles. The van der Waals surface area contributed by atoms with E-state index in [-0.39, 0.29) is 18.2 Å². The van der Waals surface area contributed by atoms with Gasteiger partial charge in [-0.25, -0.2) is 14.8 Å². The highest BCUT2D eigenvalue weighted by Gasteiger charge is 2.06. The Balaban J connectivity index is 1.89. The number of rotatable bonds is 4. The molecule has 6 nitrogen and oxygen atoms in total.